The van der Waals surface area contributed by atoms with Crippen molar-refractivity contribution in [2.24, 2.45) is 20.0 Å². The van der Waals surface area contributed by atoms with E-state index >= 15 is 0 Å². The van der Waals surface area contributed by atoms with E-state index in [1.54, 1.807) is 27.7 Å². The van der Waals surface area contributed by atoms with E-state index in [1.165, 1.54) is 7.05 Å². The predicted molar refractivity (Wildman–Crippen MR) is 128 cm³/mol. The van der Waals surface area contributed by atoms with Crippen LogP contribution in [0.1, 0.15) is 25.0 Å². The second kappa shape index (κ2) is 7.88. The normalized spacial score (nSPS) is 11.6. The van der Waals surface area contributed by atoms with Gasteiger partial charge in [-0.1, -0.05) is 13.8 Å². The Morgan fingerprint density at radius 2 is 2.00 bits per heavy atom. The van der Waals surface area contributed by atoms with E-state index in [-0.39, 0.29) is 5.92 Å². The van der Waals surface area contributed by atoms with E-state index in [4.69, 9.17) is 5.10 Å². The summed E-state index contributed by atoms with van der Waals surface area (Å²) in [6, 6.07) is 7.64. The van der Waals surface area contributed by atoms with Crippen LogP contribution in [0, 0.1) is 17.2 Å². The molecule has 5 rings (SSSR count). The number of aromatic nitrogens is 7. The number of imidazole rings is 1. The number of nitriles is 1. The van der Waals surface area contributed by atoms with Crippen molar-refractivity contribution in [2.75, 3.05) is 0 Å². The van der Waals surface area contributed by atoms with Crippen molar-refractivity contribution in [1.29, 1.82) is 5.26 Å². The average Bonchev–Trinajstić information content (AvgIpc) is 3.52. The largest absolute Gasteiger partial charge is 0.361 e. The third kappa shape index (κ3) is 3.25. The number of nitrogens with one attached hydrogen (secondary N) is 1. The standard InChI is InChI=1S/C24H24N8O2/c1-14(2)12-31-21-19(23(33)30(4)24(31)34)20(22-26-7-8-29(22)3)32(28-21)13-16-11-27-18-6-5-15(10-25)9-17(16)18/h5-9,11,14,27H,12-13H2,1-4H3. The highest BCUT2D eigenvalue weighted by Gasteiger charge is 2.25. The molecule has 0 aliphatic carbocycles. The van der Waals surface area contributed by atoms with Crippen molar-refractivity contribution in [3.63, 3.8) is 0 Å². The highest BCUT2D eigenvalue weighted by molar-refractivity contribution is 5.89. The zero-order chi connectivity index (χ0) is 24.1. The quantitative estimate of drug-likeness (QED) is 0.435. The van der Waals surface area contributed by atoms with Crippen molar-refractivity contribution in [3.8, 4) is 17.6 Å². The Morgan fingerprint density at radius 1 is 1.21 bits per heavy atom. The summed E-state index contributed by atoms with van der Waals surface area (Å²) in [5.41, 5.74) is 2.46. The Labute approximate surface area is 194 Å². The minimum atomic E-state index is -0.407. The van der Waals surface area contributed by atoms with Crippen molar-refractivity contribution < 1.29 is 0 Å². The summed E-state index contributed by atoms with van der Waals surface area (Å²) in [5, 5.41) is 15.4. The summed E-state index contributed by atoms with van der Waals surface area (Å²) < 4.78 is 6.25. The van der Waals surface area contributed by atoms with Gasteiger partial charge >= 0.3 is 5.69 Å². The molecule has 10 nitrogen and oxygen atoms in total. The fourth-order valence-corrected chi connectivity index (χ4v) is 4.37. The molecule has 0 atom stereocenters. The summed E-state index contributed by atoms with van der Waals surface area (Å²) in [5.74, 6) is 0.755. The lowest BCUT2D eigenvalue weighted by molar-refractivity contribution is 0.498. The van der Waals surface area contributed by atoms with Gasteiger partial charge in [-0.05, 0) is 29.7 Å². The molecule has 0 unspecified atom stereocenters. The van der Waals surface area contributed by atoms with Crippen LogP contribution in [-0.2, 0) is 27.2 Å². The Kier molecular flexibility index (Phi) is 4.97. The molecule has 0 radical (unpaired) electrons. The number of hydrogen-bond acceptors (Lipinski definition) is 5. The number of rotatable bonds is 5. The van der Waals surface area contributed by atoms with Gasteiger partial charge < -0.3 is 9.55 Å². The van der Waals surface area contributed by atoms with Crippen molar-refractivity contribution >= 4 is 21.9 Å². The summed E-state index contributed by atoms with van der Waals surface area (Å²) in [6.07, 6.45) is 5.34. The van der Waals surface area contributed by atoms with E-state index in [1.807, 2.05) is 43.8 Å². The minimum absolute atomic E-state index is 0.179. The van der Waals surface area contributed by atoms with Crippen LogP contribution in [0.15, 0.2) is 46.4 Å². The van der Waals surface area contributed by atoms with Gasteiger partial charge in [-0.3, -0.25) is 18.6 Å². The van der Waals surface area contributed by atoms with Crippen molar-refractivity contribution in [3.05, 3.63) is 68.8 Å². The molecule has 34 heavy (non-hydrogen) atoms. The van der Waals surface area contributed by atoms with E-state index in [0.29, 0.717) is 41.2 Å². The molecule has 0 amide bonds. The Balaban J connectivity index is 1.83. The molecule has 0 fully saturated rings. The van der Waals surface area contributed by atoms with Gasteiger partial charge in [0.2, 0.25) is 0 Å². The van der Waals surface area contributed by atoms with E-state index in [0.717, 1.165) is 21.0 Å². The molecule has 5 aromatic rings. The maximum absolute atomic E-state index is 13.3. The van der Waals surface area contributed by atoms with Crippen LogP contribution in [0.4, 0.5) is 0 Å². The molecule has 4 aromatic heterocycles. The molecule has 0 spiro atoms. The van der Waals surface area contributed by atoms with E-state index in [9.17, 15) is 14.9 Å². The van der Waals surface area contributed by atoms with Crippen LogP contribution in [0.2, 0.25) is 0 Å². The first-order valence-corrected chi connectivity index (χ1v) is 11.0. The van der Waals surface area contributed by atoms with Gasteiger partial charge in [-0.2, -0.15) is 10.4 Å². The van der Waals surface area contributed by atoms with Crippen molar-refractivity contribution in [2.45, 2.75) is 26.9 Å². The molecule has 0 saturated heterocycles. The first kappa shape index (κ1) is 21.5. The van der Waals surface area contributed by atoms with Crippen LogP contribution < -0.4 is 11.2 Å². The molecule has 0 saturated carbocycles. The van der Waals surface area contributed by atoms with Crippen molar-refractivity contribution in [1.82, 2.24) is 33.4 Å². The molecule has 0 aliphatic rings. The highest BCUT2D eigenvalue weighted by atomic mass is 16.2. The first-order valence-electron chi connectivity index (χ1n) is 11.0. The van der Waals surface area contributed by atoms with Crippen LogP contribution in [0.5, 0.6) is 0 Å². The summed E-state index contributed by atoms with van der Waals surface area (Å²) in [4.78, 5) is 34.1. The Bertz CT molecular complexity index is 1720. The topological polar surface area (TPSA) is 119 Å². The number of H-pyrrole nitrogens is 1. The molecular weight excluding hydrogens is 432 g/mol. The molecule has 4 heterocycles. The molecule has 0 bridgehead atoms. The number of benzene rings is 1. The maximum Gasteiger partial charge on any atom is 0.332 e. The third-order valence-electron chi connectivity index (χ3n) is 6.02. The van der Waals surface area contributed by atoms with Gasteiger partial charge in [-0.25, -0.2) is 9.78 Å². The zero-order valence-corrected chi connectivity index (χ0v) is 19.4. The summed E-state index contributed by atoms with van der Waals surface area (Å²) in [7, 11) is 3.34. The minimum Gasteiger partial charge on any atom is -0.361 e. The summed E-state index contributed by atoms with van der Waals surface area (Å²) >= 11 is 0. The molecular formula is C24H24N8O2. The zero-order valence-electron chi connectivity index (χ0n) is 19.4. The number of nitrogens with zero attached hydrogens (tertiary/aromatic N) is 7. The Hall–Kier alpha value is -4.39. The fraction of sp³-hybridized carbons (Fsp3) is 0.292. The fourth-order valence-electron chi connectivity index (χ4n) is 4.37. The van der Waals surface area contributed by atoms with Gasteiger partial charge in [0.1, 0.15) is 11.1 Å². The predicted octanol–water partition coefficient (Wildman–Crippen LogP) is 2.35. The smallest absolute Gasteiger partial charge is 0.332 e. The van der Waals surface area contributed by atoms with Crippen LogP contribution in [0.3, 0.4) is 0 Å². The van der Waals surface area contributed by atoms with Gasteiger partial charge in [0, 0.05) is 50.1 Å². The van der Waals surface area contributed by atoms with Gasteiger partial charge in [0.05, 0.1) is 18.2 Å². The molecule has 10 heteroatoms. The number of hydrogen-bond donors (Lipinski definition) is 1. The second-order valence-electron chi connectivity index (χ2n) is 8.90. The van der Waals surface area contributed by atoms with Crippen LogP contribution in [-0.4, -0.2) is 33.4 Å². The molecule has 172 valence electrons. The summed E-state index contributed by atoms with van der Waals surface area (Å²) in [6.45, 7) is 4.78. The number of aryl methyl sites for hydroxylation is 1. The first-order chi connectivity index (χ1) is 16.3. The monoisotopic (exact) mass is 456 g/mol. The SMILES string of the molecule is CC(C)Cn1c(=O)n(C)c(=O)c2c(-c3nccn3C)n(Cc3c[nH]c4ccc(C#N)cc34)nc21. The lowest BCUT2D eigenvalue weighted by atomic mass is 10.1. The number of fused-ring (bicyclic) bond motifs is 2. The highest BCUT2D eigenvalue weighted by Crippen LogP contribution is 2.28. The molecule has 1 N–H and O–H groups in total. The van der Waals surface area contributed by atoms with Crippen LogP contribution >= 0.6 is 0 Å². The van der Waals surface area contributed by atoms with E-state index in [2.05, 4.69) is 16.0 Å². The van der Waals surface area contributed by atoms with Gasteiger partial charge in [-0.15, -0.1) is 0 Å². The lowest BCUT2D eigenvalue weighted by Gasteiger charge is -2.11. The maximum atomic E-state index is 13.3. The third-order valence-corrected chi connectivity index (χ3v) is 6.02. The van der Waals surface area contributed by atoms with Gasteiger partial charge in [0.25, 0.3) is 5.56 Å². The van der Waals surface area contributed by atoms with Gasteiger partial charge in [0.15, 0.2) is 11.5 Å². The van der Waals surface area contributed by atoms with E-state index < -0.39 is 11.2 Å². The molecule has 1 aromatic carbocycles. The van der Waals surface area contributed by atoms with Crippen LogP contribution in [0.25, 0.3) is 33.5 Å². The number of aromatic amines is 1. The lowest BCUT2D eigenvalue weighted by Crippen LogP contribution is -2.38. The molecule has 0 aliphatic heterocycles. The average molecular weight is 457 g/mol. The second-order valence-corrected chi connectivity index (χ2v) is 8.90. The Morgan fingerprint density at radius 3 is 2.68 bits per heavy atom.